The van der Waals surface area contributed by atoms with Gasteiger partial charge in [0, 0.05) is 5.59 Å². The maximum atomic E-state index is 8.27. The number of nitrogens with zero attached hydrogens (tertiary/aromatic N) is 1. The molecule has 6 heteroatoms. The Balaban J connectivity index is 3.15. The van der Waals surface area contributed by atoms with Crippen molar-refractivity contribution in [3.05, 3.63) is 0 Å². The highest BCUT2D eigenvalue weighted by Crippen LogP contribution is 1.63. The third kappa shape index (κ3) is 5.76. The molecule has 0 aromatic heterocycles. The van der Waals surface area contributed by atoms with Gasteiger partial charge in [-0.3, -0.25) is 4.84 Å². The lowest BCUT2D eigenvalue weighted by Crippen LogP contribution is -2.65. The predicted octanol–water partition coefficient (Wildman–Crippen LogP) is -1.99. The van der Waals surface area contributed by atoms with Gasteiger partial charge in [-0.2, -0.15) is 5.21 Å². The van der Waals surface area contributed by atoms with Gasteiger partial charge in [-0.15, -0.1) is 11.7 Å². The second kappa shape index (κ2) is 2.17. The first-order valence-electron chi connectivity index (χ1n) is 1.55. The average molecular weight is 109 g/mol. The summed E-state index contributed by atoms with van der Waals surface area (Å²) in [4.78, 5) is 2.75. The van der Waals surface area contributed by atoms with Gasteiger partial charge in [0.15, 0.2) is 0 Å². The van der Waals surface area contributed by atoms with Gasteiger partial charge >= 0.3 is 0 Å². The molecule has 0 heterocycles. The zero-order valence-electron chi connectivity index (χ0n) is 3.96. The first-order valence-corrected chi connectivity index (χ1v) is 1.55. The molecule has 44 valence electrons. The molecule has 0 amide bonds. The number of nitrogens with two attached hydrogens (primary N) is 2. The number of nitrogens with one attached hydrogen (secondary N) is 1. The molecule has 0 aliphatic carbocycles. The van der Waals surface area contributed by atoms with E-state index in [1.807, 2.05) is 5.59 Å². The average Bonchev–Trinajstić information content (AvgIpc) is 1.30. The summed E-state index contributed by atoms with van der Waals surface area (Å²) < 4.78 is 0. The third-order valence-electron chi connectivity index (χ3n) is 0.238. The first-order chi connectivity index (χ1) is 3.06. The SMILES string of the molecule is CON[N+](N)(N)O. The first kappa shape index (κ1) is 6.76. The maximum Gasteiger partial charge on any atom is 0.0629 e. The monoisotopic (exact) mass is 109 g/mol. The Morgan fingerprint density at radius 2 is 2.14 bits per heavy atom. The van der Waals surface area contributed by atoms with E-state index >= 15 is 0 Å². The van der Waals surface area contributed by atoms with Gasteiger partial charge in [0.2, 0.25) is 0 Å². The van der Waals surface area contributed by atoms with Crippen LogP contribution in [-0.4, -0.2) is 17.3 Å². The van der Waals surface area contributed by atoms with Gasteiger partial charge in [-0.25, -0.2) is 0 Å². The quantitative estimate of drug-likeness (QED) is 0.187. The van der Waals surface area contributed by atoms with Crippen molar-refractivity contribution >= 4 is 0 Å². The Hall–Kier alpha value is -0.240. The van der Waals surface area contributed by atoms with Crippen LogP contribution in [0, 0.1) is 0 Å². The molecule has 0 atom stereocenters. The summed E-state index contributed by atoms with van der Waals surface area (Å²) in [6, 6.07) is 0. The molecule has 0 aromatic rings. The molecule has 7 heavy (non-hydrogen) atoms. The van der Waals surface area contributed by atoms with E-state index in [0.717, 1.165) is 0 Å². The number of quaternary nitrogens is 1. The fourth-order valence-electron chi connectivity index (χ4n) is 0.146. The van der Waals surface area contributed by atoms with Crippen LogP contribution >= 0.6 is 0 Å². The third-order valence-corrected chi connectivity index (χ3v) is 0.238. The zero-order valence-corrected chi connectivity index (χ0v) is 3.96. The van der Waals surface area contributed by atoms with Gasteiger partial charge in [-0.1, -0.05) is 0 Å². The highest BCUT2D eigenvalue weighted by molar-refractivity contribution is 3.60. The molecule has 0 fully saturated rings. The zero-order chi connectivity index (χ0) is 5.91. The predicted molar refractivity (Wildman–Crippen MR) is 20.6 cm³/mol. The van der Waals surface area contributed by atoms with Crippen LogP contribution in [-0.2, 0) is 4.84 Å². The summed E-state index contributed by atoms with van der Waals surface area (Å²) in [6.45, 7) is 0. The Bertz CT molecular complexity index is 48.1. The Morgan fingerprint density at radius 3 is 2.14 bits per heavy atom. The second-order valence-electron chi connectivity index (χ2n) is 1.03. The molecule has 0 spiro atoms. The summed E-state index contributed by atoms with van der Waals surface area (Å²) >= 11 is 0. The minimum Gasteiger partial charge on any atom is -0.254 e. The van der Waals surface area contributed by atoms with E-state index in [9.17, 15) is 0 Å². The highest BCUT2D eigenvalue weighted by atomic mass is 16.8. The fourth-order valence-corrected chi connectivity index (χ4v) is 0.146. The van der Waals surface area contributed by atoms with Crippen molar-refractivity contribution in [1.29, 1.82) is 0 Å². The summed E-state index contributed by atoms with van der Waals surface area (Å²) in [5.41, 5.74) is 1.83. The summed E-state index contributed by atoms with van der Waals surface area (Å²) in [5.74, 6) is 9.36. The van der Waals surface area contributed by atoms with Crippen molar-refractivity contribution in [2.45, 2.75) is 0 Å². The number of rotatable bonds is 2. The molecule has 0 aliphatic heterocycles. The van der Waals surface area contributed by atoms with Crippen molar-refractivity contribution in [2.75, 3.05) is 7.11 Å². The van der Waals surface area contributed by atoms with Crippen LogP contribution in [0.25, 0.3) is 0 Å². The molecule has 6 N–H and O–H groups in total. The van der Waals surface area contributed by atoms with E-state index in [0.29, 0.717) is 0 Å². The van der Waals surface area contributed by atoms with Crippen LogP contribution < -0.4 is 17.3 Å². The van der Waals surface area contributed by atoms with Crippen molar-refractivity contribution in [2.24, 2.45) is 11.7 Å². The lowest BCUT2D eigenvalue weighted by atomic mass is 11.7. The maximum absolute atomic E-state index is 8.27. The molecule has 0 aromatic carbocycles. The van der Waals surface area contributed by atoms with Crippen LogP contribution in [0.4, 0.5) is 0 Å². The molecule has 0 saturated carbocycles. The Labute approximate surface area is 40.7 Å². The molecular formula is CH9N4O2+. The van der Waals surface area contributed by atoms with Crippen LogP contribution in [0.15, 0.2) is 0 Å². The van der Waals surface area contributed by atoms with Crippen molar-refractivity contribution in [3.63, 3.8) is 0 Å². The minimum absolute atomic E-state index is 1.28. The van der Waals surface area contributed by atoms with Gasteiger partial charge in [0.1, 0.15) is 0 Å². The lowest BCUT2D eigenvalue weighted by molar-refractivity contribution is -1.17. The van der Waals surface area contributed by atoms with E-state index in [2.05, 4.69) is 16.5 Å². The molecule has 0 unspecified atom stereocenters. The fraction of sp³-hybridized carbons (Fsp3) is 1.00. The van der Waals surface area contributed by atoms with Gasteiger partial charge in [0.05, 0.1) is 12.1 Å². The smallest absolute Gasteiger partial charge is 0.0629 e. The van der Waals surface area contributed by atoms with E-state index in [-0.39, 0.29) is 0 Å². The largest absolute Gasteiger partial charge is 0.254 e. The van der Waals surface area contributed by atoms with E-state index in [4.69, 9.17) is 5.21 Å². The van der Waals surface area contributed by atoms with E-state index in [1.54, 1.807) is 0 Å². The standard InChI is InChI=1S/CH9N4O2/c1-7-4-5(2,3)6/h4,6H,2-3H2,1H3/q+1. The van der Waals surface area contributed by atoms with Crippen molar-refractivity contribution < 1.29 is 15.0 Å². The molecule has 0 bridgehead atoms. The minimum atomic E-state index is -1.38. The van der Waals surface area contributed by atoms with E-state index in [1.165, 1.54) is 7.11 Å². The second-order valence-corrected chi connectivity index (χ2v) is 1.03. The van der Waals surface area contributed by atoms with Crippen LogP contribution in [0.5, 0.6) is 0 Å². The van der Waals surface area contributed by atoms with Gasteiger partial charge < -0.3 is 0 Å². The van der Waals surface area contributed by atoms with Gasteiger partial charge in [-0.05, 0) is 0 Å². The molecular weight excluding hydrogens is 100 g/mol. The topological polar surface area (TPSA) is 93.5 Å². The van der Waals surface area contributed by atoms with Crippen LogP contribution in [0.3, 0.4) is 0 Å². The van der Waals surface area contributed by atoms with Crippen molar-refractivity contribution in [3.8, 4) is 0 Å². The summed E-state index contributed by atoms with van der Waals surface area (Å²) in [6.07, 6.45) is 0. The summed E-state index contributed by atoms with van der Waals surface area (Å²) in [7, 11) is 1.28. The number of hydrogen-bond donors (Lipinski definition) is 4. The van der Waals surface area contributed by atoms with Gasteiger partial charge in [0.25, 0.3) is 0 Å². The van der Waals surface area contributed by atoms with Crippen LogP contribution in [0.1, 0.15) is 0 Å². The Kier molecular flexibility index (Phi) is 2.09. The normalized spacial score (nSPS) is 12.0. The lowest BCUT2D eigenvalue weighted by Gasteiger charge is -2.12. The summed E-state index contributed by atoms with van der Waals surface area (Å²) in [5, 5.41) is 8.27. The van der Waals surface area contributed by atoms with E-state index < -0.39 is 4.97 Å². The Morgan fingerprint density at radius 1 is 1.71 bits per heavy atom. The highest BCUT2D eigenvalue weighted by Gasteiger charge is 2.09. The van der Waals surface area contributed by atoms with Crippen LogP contribution in [0.2, 0.25) is 0 Å². The molecule has 0 radical (unpaired) electrons. The number of hydrogen-bond acceptors (Lipinski definition) is 5. The molecule has 6 nitrogen and oxygen atoms in total. The molecule has 0 aliphatic rings. The molecule has 0 saturated heterocycles. The van der Waals surface area contributed by atoms with Crippen molar-refractivity contribution in [1.82, 2.24) is 5.59 Å². The molecule has 0 rings (SSSR count).